The van der Waals surface area contributed by atoms with Crippen molar-refractivity contribution in [3.63, 3.8) is 0 Å². The standard InChI is InChI=1S/C24H30F6N6O3S/c1-2-19(35-40(38,39)24(28,29)30)14-3-6-17(7-4-14)36-11-16(12-36)34-21(37)10-31-22-18-9-15(23(25,26)27)5-8-20(18)32-13-33-22/h5,8-9,13-14,16-17,19,35H,2-4,6-7,10-12H2,1H3,(H,34,37)(H,31,32,33)/t14-,17+,19?. The van der Waals surface area contributed by atoms with Gasteiger partial charge in [0.15, 0.2) is 0 Å². The van der Waals surface area contributed by atoms with Gasteiger partial charge in [-0.05, 0) is 56.2 Å². The fourth-order valence-electron chi connectivity index (χ4n) is 5.37. The molecule has 1 saturated heterocycles. The summed E-state index contributed by atoms with van der Waals surface area (Å²) in [5, 5.41) is 5.79. The molecule has 2 fully saturated rings. The number of nitrogens with zero attached hydrogens (tertiary/aromatic N) is 3. The van der Waals surface area contributed by atoms with E-state index in [4.69, 9.17) is 0 Å². The summed E-state index contributed by atoms with van der Waals surface area (Å²) >= 11 is 0. The number of hydrogen-bond acceptors (Lipinski definition) is 7. The molecular weight excluding hydrogens is 566 g/mol. The first-order valence-electron chi connectivity index (χ1n) is 12.9. The van der Waals surface area contributed by atoms with Crippen molar-refractivity contribution < 1.29 is 39.6 Å². The molecule has 1 aromatic heterocycles. The Morgan fingerprint density at radius 3 is 2.35 bits per heavy atom. The zero-order valence-electron chi connectivity index (χ0n) is 21.5. The third-order valence-corrected chi connectivity index (χ3v) is 8.75. The number of alkyl halides is 6. The molecule has 0 radical (unpaired) electrons. The van der Waals surface area contributed by atoms with E-state index in [1.54, 1.807) is 6.92 Å². The first-order valence-corrected chi connectivity index (χ1v) is 14.3. The molecule has 0 bridgehead atoms. The monoisotopic (exact) mass is 596 g/mol. The Morgan fingerprint density at radius 2 is 1.75 bits per heavy atom. The van der Waals surface area contributed by atoms with Crippen LogP contribution in [0.5, 0.6) is 0 Å². The van der Waals surface area contributed by atoms with Gasteiger partial charge in [-0.15, -0.1) is 0 Å². The van der Waals surface area contributed by atoms with Crippen molar-refractivity contribution in [2.24, 2.45) is 5.92 Å². The summed E-state index contributed by atoms with van der Waals surface area (Å²) in [6, 6.07) is 2.39. The van der Waals surface area contributed by atoms with E-state index in [-0.39, 0.29) is 48.1 Å². The van der Waals surface area contributed by atoms with Gasteiger partial charge in [0.25, 0.3) is 0 Å². The minimum absolute atomic E-state index is 0.112. The van der Waals surface area contributed by atoms with Crippen LogP contribution in [0.15, 0.2) is 24.5 Å². The Hall–Kier alpha value is -2.72. The molecule has 1 aromatic carbocycles. The minimum Gasteiger partial charge on any atom is -0.360 e. The minimum atomic E-state index is -5.40. The van der Waals surface area contributed by atoms with Crippen LogP contribution in [0.4, 0.5) is 32.2 Å². The summed E-state index contributed by atoms with van der Waals surface area (Å²) < 4.78 is 102. The predicted molar refractivity (Wildman–Crippen MR) is 134 cm³/mol. The number of sulfonamides is 1. The lowest BCUT2D eigenvalue weighted by molar-refractivity contribution is -0.137. The number of carbonyl (C=O) groups excluding carboxylic acids is 1. The maximum Gasteiger partial charge on any atom is 0.511 e. The van der Waals surface area contributed by atoms with Gasteiger partial charge in [0, 0.05) is 30.6 Å². The maximum absolute atomic E-state index is 13.1. The number of aromatic nitrogens is 2. The second-order valence-electron chi connectivity index (χ2n) is 10.2. The van der Waals surface area contributed by atoms with E-state index >= 15 is 0 Å². The van der Waals surface area contributed by atoms with Crippen molar-refractivity contribution in [1.82, 2.24) is 24.9 Å². The lowest BCUT2D eigenvalue weighted by atomic mass is 9.79. The zero-order chi connectivity index (χ0) is 29.3. The van der Waals surface area contributed by atoms with Crippen LogP contribution in [0.1, 0.15) is 44.6 Å². The molecule has 2 aliphatic rings. The number of nitrogens with one attached hydrogen (secondary N) is 3. The Balaban J connectivity index is 1.22. The molecule has 1 atom stereocenters. The van der Waals surface area contributed by atoms with Gasteiger partial charge in [0.2, 0.25) is 5.91 Å². The molecule has 222 valence electrons. The molecule has 4 rings (SSSR count). The van der Waals surface area contributed by atoms with Gasteiger partial charge in [-0.3, -0.25) is 9.69 Å². The number of hydrogen-bond donors (Lipinski definition) is 3. The Labute approximate surface area is 227 Å². The van der Waals surface area contributed by atoms with Crippen molar-refractivity contribution >= 4 is 32.7 Å². The molecule has 1 unspecified atom stereocenters. The van der Waals surface area contributed by atoms with Crippen LogP contribution in [0.25, 0.3) is 10.9 Å². The van der Waals surface area contributed by atoms with Crippen molar-refractivity contribution in [2.75, 3.05) is 25.0 Å². The molecule has 1 saturated carbocycles. The van der Waals surface area contributed by atoms with Gasteiger partial charge in [-0.2, -0.15) is 26.3 Å². The molecule has 1 amide bonds. The van der Waals surface area contributed by atoms with Crippen molar-refractivity contribution in [1.29, 1.82) is 0 Å². The van der Waals surface area contributed by atoms with Gasteiger partial charge in [-0.25, -0.2) is 23.1 Å². The van der Waals surface area contributed by atoms with Gasteiger partial charge >= 0.3 is 21.7 Å². The van der Waals surface area contributed by atoms with Crippen molar-refractivity contribution in [3.8, 4) is 0 Å². The van der Waals surface area contributed by atoms with Crippen LogP contribution in [-0.2, 0) is 21.0 Å². The van der Waals surface area contributed by atoms with E-state index in [2.05, 4.69) is 25.5 Å². The van der Waals surface area contributed by atoms with Gasteiger partial charge < -0.3 is 10.6 Å². The van der Waals surface area contributed by atoms with Crippen molar-refractivity contribution in [3.05, 3.63) is 30.1 Å². The lowest BCUT2D eigenvalue weighted by Crippen LogP contribution is -2.63. The quantitative estimate of drug-likeness (QED) is 0.379. The van der Waals surface area contributed by atoms with Crippen LogP contribution in [0.2, 0.25) is 0 Å². The highest BCUT2D eigenvalue weighted by atomic mass is 32.2. The Bertz CT molecular complexity index is 1310. The van der Waals surface area contributed by atoms with E-state index in [1.807, 2.05) is 4.72 Å². The summed E-state index contributed by atoms with van der Waals surface area (Å²) in [5.41, 5.74) is -5.89. The average molecular weight is 597 g/mol. The number of amides is 1. The van der Waals surface area contributed by atoms with Crippen LogP contribution in [0.3, 0.4) is 0 Å². The maximum atomic E-state index is 13.1. The fraction of sp³-hybridized carbons (Fsp3) is 0.625. The second-order valence-corrected chi connectivity index (χ2v) is 11.9. The number of anilines is 1. The van der Waals surface area contributed by atoms with Gasteiger partial charge in [0.1, 0.15) is 12.1 Å². The van der Waals surface area contributed by atoms with E-state index in [0.717, 1.165) is 12.1 Å². The lowest BCUT2D eigenvalue weighted by Gasteiger charge is -2.47. The zero-order valence-corrected chi connectivity index (χ0v) is 22.3. The topological polar surface area (TPSA) is 116 Å². The average Bonchev–Trinajstić information content (AvgIpc) is 2.86. The largest absolute Gasteiger partial charge is 0.511 e. The molecular formula is C24H30F6N6O3S. The molecule has 2 aromatic rings. The highest BCUT2D eigenvalue weighted by molar-refractivity contribution is 7.90. The number of fused-ring (bicyclic) bond motifs is 1. The number of benzene rings is 1. The van der Waals surface area contributed by atoms with Crippen LogP contribution in [-0.4, -0.2) is 72.5 Å². The van der Waals surface area contributed by atoms with E-state index in [9.17, 15) is 39.6 Å². The SMILES string of the molecule is CCC(NS(=O)(=O)C(F)(F)F)[C@H]1CC[C@@H](N2CC(NC(=O)CNc3ncnc4ccc(C(F)(F)F)cc34)C2)CC1. The summed E-state index contributed by atoms with van der Waals surface area (Å²) in [7, 11) is -5.40. The smallest absolute Gasteiger partial charge is 0.360 e. The normalized spacial score (nSPS) is 22.1. The van der Waals surface area contributed by atoms with Gasteiger partial charge in [-0.1, -0.05) is 6.92 Å². The second kappa shape index (κ2) is 11.6. The molecule has 1 aliphatic carbocycles. The van der Waals surface area contributed by atoms with Gasteiger partial charge in [0.05, 0.1) is 23.7 Å². The number of halogens is 6. The Morgan fingerprint density at radius 1 is 1.07 bits per heavy atom. The molecule has 3 N–H and O–H groups in total. The fourth-order valence-corrected chi connectivity index (χ4v) is 6.26. The molecule has 2 heterocycles. The number of likely N-dealkylation sites (tertiary alicyclic amines) is 1. The van der Waals surface area contributed by atoms with Crippen LogP contribution >= 0.6 is 0 Å². The van der Waals surface area contributed by atoms with Crippen molar-refractivity contribution in [2.45, 2.75) is 68.8 Å². The first-order chi connectivity index (χ1) is 18.7. The number of carbonyl (C=O) groups is 1. The highest BCUT2D eigenvalue weighted by Crippen LogP contribution is 2.34. The molecule has 1 aliphatic heterocycles. The highest BCUT2D eigenvalue weighted by Gasteiger charge is 2.47. The van der Waals surface area contributed by atoms with E-state index in [0.29, 0.717) is 44.3 Å². The van der Waals surface area contributed by atoms with Crippen LogP contribution < -0.4 is 15.4 Å². The first kappa shape index (κ1) is 30.2. The number of rotatable bonds is 9. The predicted octanol–water partition coefficient (Wildman–Crippen LogP) is 3.64. The third-order valence-electron chi connectivity index (χ3n) is 7.53. The summed E-state index contributed by atoms with van der Waals surface area (Å²) in [6.07, 6.45) is -0.493. The third kappa shape index (κ3) is 6.94. The molecule has 40 heavy (non-hydrogen) atoms. The summed E-state index contributed by atoms with van der Waals surface area (Å²) in [6.45, 7) is 2.63. The molecule has 0 spiro atoms. The van der Waals surface area contributed by atoms with E-state index < -0.39 is 33.3 Å². The Kier molecular flexibility index (Phi) is 8.80. The van der Waals surface area contributed by atoms with E-state index in [1.165, 1.54) is 12.4 Å². The summed E-state index contributed by atoms with van der Waals surface area (Å²) in [5.74, 6) is -0.428. The van der Waals surface area contributed by atoms with Crippen LogP contribution in [0, 0.1) is 5.92 Å². The summed E-state index contributed by atoms with van der Waals surface area (Å²) in [4.78, 5) is 22.6. The molecule has 9 nitrogen and oxygen atoms in total. The molecule has 16 heteroatoms.